The van der Waals surface area contributed by atoms with Gasteiger partial charge in [-0.05, 0) is 51.5 Å². The highest BCUT2D eigenvalue weighted by Gasteiger charge is 2.39. The van der Waals surface area contributed by atoms with Crippen molar-refractivity contribution in [3.05, 3.63) is 0 Å². The lowest BCUT2D eigenvalue weighted by Crippen LogP contribution is -2.58. The minimum absolute atomic E-state index is 0.264. The van der Waals surface area contributed by atoms with Crippen LogP contribution in [0.15, 0.2) is 0 Å². The fourth-order valence-corrected chi connectivity index (χ4v) is 4.26. The summed E-state index contributed by atoms with van der Waals surface area (Å²) in [6.07, 6.45) is 11.0. The summed E-state index contributed by atoms with van der Waals surface area (Å²) in [5.41, 5.74) is 6.53. The Bertz CT molecular complexity index is 282. The van der Waals surface area contributed by atoms with Gasteiger partial charge in [-0.15, -0.1) is 0 Å². The second-order valence-electron chi connectivity index (χ2n) is 6.80. The topological polar surface area (TPSA) is 38.5 Å². The van der Waals surface area contributed by atoms with Crippen molar-refractivity contribution in [1.82, 2.24) is 4.90 Å². The number of piperidine rings is 1. The minimum Gasteiger partial charge on any atom is -0.377 e. The van der Waals surface area contributed by atoms with Crippen LogP contribution in [0.25, 0.3) is 0 Å². The molecule has 2 N–H and O–H groups in total. The van der Waals surface area contributed by atoms with Crippen molar-refractivity contribution in [2.75, 3.05) is 26.2 Å². The highest BCUT2D eigenvalue weighted by molar-refractivity contribution is 4.96. The molecule has 0 aromatic rings. The van der Waals surface area contributed by atoms with Crippen molar-refractivity contribution >= 4 is 0 Å². The zero-order chi connectivity index (χ0) is 14.4. The Labute approximate surface area is 125 Å². The third-order valence-electron chi connectivity index (χ3n) is 5.68. The van der Waals surface area contributed by atoms with Crippen molar-refractivity contribution < 1.29 is 4.74 Å². The van der Waals surface area contributed by atoms with Crippen LogP contribution in [0.2, 0.25) is 0 Å². The number of likely N-dealkylation sites (tertiary alicyclic amines) is 1. The maximum absolute atomic E-state index is 6.26. The van der Waals surface area contributed by atoms with Gasteiger partial charge < -0.3 is 10.5 Å². The van der Waals surface area contributed by atoms with E-state index in [4.69, 9.17) is 10.5 Å². The van der Waals surface area contributed by atoms with Gasteiger partial charge in [0.2, 0.25) is 0 Å². The van der Waals surface area contributed by atoms with E-state index in [1.807, 2.05) is 0 Å². The van der Waals surface area contributed by atoms with E-state index in [-0.39, 0.29) is 5.54 Å². The van der Waals surface area contributed by atoms with Gasteiger partial charge in [-0.25, -0.2) is 0 Å². The molecule has 1 aliphatic heterocycles. The number of ether oxygens (including phenoxy) is 1. The summed E-state index contributed by atoms with van der Waals surface area (Å²) in [7, 11) is 0. The third-order valence-corrected chi connectivity index (χ3v) is 5.68. The van der Waals surface area contributed by atoms with Crippen LogP contribution in [-0.4, -0.2) is 42.8 Å². The van der Waals surface area contributed by atoms with Crippen LogP contribution >= 0.6 is 0 Å². The maximum atomic E-state index is 6.26. The average Bonchev–Trinajstić information content (AvgIpc) is 2.71. The molecule has 118 valence electrons. The third kappa shape index (κ3) is 3.75. The molecular weight excluding hydrogens is 248 g/mol. The molecule has 1 heterocycles. The average molecular weight is 282 g/mol. The quantitative estimate of drug-likeness (QED) is 0.787. The van der Waals surface area contributed by atoms with Gasteiger partial charge in [0.15, 0.2) is 0 Å². The van der Waals surface area contributed by atoms with Gasteiger partial charge in [0, 0.05) is 25.2 Å². The van der Waals surface area contributed by atoms with Crippen molar-refractivity contribution in [2.45, 2.75) is 76.9 Å². The Balaban J connectivity index is 2.01. The van der Waals surface area contributed by atoms with Gasteiger partial charge in [0.25, 0.3) is 0 Å². The van der Waals surface area contributed by atoms with Gasteiger partial charge in [-0.3, -0.25) is 4.90 Å². The Morgan fingerprint density at radius 2 is 2.00 bits per heavy atom. The molecule has 3 nitrogen and oxygen atoms in total. The summed E-state index contributed by atoms with van der Waals surface area (Å²) in [6.45, 7) is 8.43. The van der Waals surface area contributed by atoms with Crippen molar-refractivity contribution in [3.8, 4) is 0 Å². The minimum atomic E-state index is 0.264. The molecule has 3 unspecified atom stereocenters. The molecule has 0 radical (unpaired) electrons. The molecule has 0 amide bonds. The molecule has 1 saturated carbocycles. The molecular formula is C17H34N2O. The number of hydrogen-bond donors (Lipinski definition) is 1. The van der Waals surface area contributed by atoms with Crippen LogP contribution in [0.5, 0.6) is 0 Å². The molecule has 3 heteroatoms. The van der Waals surface area contributed by atoms with Gasteiger partial charge in [0.1, 0.15) is 0 Å². The number of nitrogens with two attached hydrogens (primary N) is 1. The second kappa shape index (κ2) is 7.77. The van der Waals surface area contributed by atoms with E-state index in [2.05, 4.69) is 18.7 Å². The molecule has 2 aliphatic rings. The SMILES string of the molecule is CCOC1CCCN(C2(CN)CCCC(CC)CC2)C1. The predicted molar refractivity (Wildman–Crippen MR) is 84.9 cm³/mol. The van der Waals surface area contributed by atoms with E-state index in [0.29, 0.717) is 6.10 Å². The maximum Gasteiger partial charge on any atom is 0.0702 e. The monoisotopic (exact) mass is 282 g/mol. The zero-order valence-corrected chi connectivity index (χ0v) is 13.6. The Morgan fingerprint density at radius 3 is 2.70 bits per heavy atom. The Kier molecular flexibility index (Phi) is 6.31. The lowest BCUT2D eigenvalue weighted by atomic mass is 9.85. The molecule has 2 fully saturated rings. The molecule has 1 aliphatic carbocycles. The molecule has 0 aromatic carbocycles. The zero-order valence-electron chi connectivity index (χ0n) is 13.6. The molecule has 0 bridgehead atoms. The largest absolute Gasteiger partial charge is 0.377 e. The molecule has 2 rings (SSSR count). The molecule has 3 atom stereocenters. The summed E-state index contributed by atoms with van der Waals surface area (Å²) < 4.78 is 5.88. The Hall–Kier alpha value is -0.120. The van der Waals surface area contributed by atoms with Crippen LogP contribution in [0.4, 0.5) is 0 Å². The van der Waals surface area contributed by atoms with E-state index in [1.54, 1.807) is 0 Å². The summed E-state index contributed by atoms with van der Waals surface area (Å²) in [5, 5.41) is 0. The van der Waals surface area contributed by atoms with E-state index < -0.39 is 0 Å². The van der Waals surface area contributed by atoms with Gasteiger partial charge in [-0.2, -0.15) is 0 Å². The van der Waals surface area contributed by atoms with E-state index in [9.17, 15) is 0 Å². The highest BCUT2D eigenvalue weighted by Crippen LogP contribution is 2.37. The molecule has 20 heavy (non-hydrogen) atoms. The van der Waals surface area contributed by atoms with E-state index in [0.717, 1.165) is 25.6 Å². The Morgan fingerprint density at radius 1 is 1.15 bits per heavy atom. The fraction of sp³-hybridized carbons (Fsp3) is 1.00. The van der Waals surface area contributed by atoms with Crippen LogP contribution in [0.1, 0.15) is 65.2 Å². The summed E-state index contributed by atoms with van der Waals surface area (Å²) in [6, 6.07) is 0. The molecule has 0 spiro atoms. The molecule has 0 aromatic heterocycles. The van der Waals surface area contributed by atoms with Gasteiger partial charge in [-0.1, -0.05) is 26.2 Å². The summed E-state index contributed by atoms with van der Waals surface area (Å²) in [5.74, 6) is 0.927. The van der Waals surface area contributed by atoms with Crippen molar-refractivity contribution in [2.24, 2.45) is 11.7 Å². The first-order valence-corrected chi connectivity index (χ1v) is 8.80. The summed E-state index contributed by atoms with van der Waals surface area (Å²) in [4.78, 5) is 2.69. The first-order valence-electron chi connectivity index (χ1n) is 8.80. The van der Waals surface area contributed by atoms with Gasteiger partial charge in [0.05, 0.1) is 6.10 Å². The van der Waals surface area contributed by atoms with E-state index in [1.165, 1.54) is 57.9 Å². The standard InChI is InChI=1S/C17H34N2O/c1-3-15-7-5-10-17(14-18,11-9-15)19-12-6-8-16(13-19)20-4-2/h15-16H,3-14,18H2,1-2H3. The smallest absolute Gasteiger partial charge is 0.0702 e. The second-order valence-corrected chi connectivity index (χ2v) is 6.80. The molecule has 1 saturated heterocycles. The highest BCUT2D eigenvalue weighted by atomic mass is 16.5. The lowest BCUT2D eigenvalue weighted by Gasteiger charge is -2.47. The van der Waals surface area contributed by atoms with Crippen LogP contribution in [0.3, 0.4) is 0 Å². The van der Waals surface area contributed by atoms with Crippen LogP contribution in [0, 0.1) is 5.92 Å². The lowest BCUT2D eigenvalue weighted by molar-refractivity contribution is -0.0374. The van der Waals surface area contributed by atoms with E-state index >= 15 is 0 Å². The van der Waals surface area contributed by atoms with Gasteiger partial charge >= 0.3 is 0 Å². The first-order chi connectivity index (χ1) is 9.74. The predicted octanol–water partition coefficient (Wildman–Crippen LogP) is 3.18. The first kappa shape index (κ1) is 16.3. The summed E-state index contributed by atoms with van der Waals surface area (Å²) >= 11 is 0. The number of nitrogens with zero attached hydrogens (tertiary/aromatic N) is 1. The fourth-order valence-electron chi connectivity index (χ4n) is 4.26. The normalized spacial score (nSPS) is 36.8. The number of rotatable bonds is 5. The van der Waals surface area contributed by atoms with Crippen LogP contribution < -0.4 is 5.73 Å². The van der Waals surface area contributed by atoms with Crippen molar-refractivity contribution in [1.29, 1.82) is 0 Å². The van der Waals surface area contributed by atoms with Crippen LogP contribution in [-0.2, 0) is 4.74 Å². The number of hydrogen-bond acceptors (Lipinski definition) is 3. The van der Waals surface area contributed by atoms with Crippen molar-refractivity contribution in [3.63, 3.8) is 0 Å².